The molecule has 3 atom stereocenters. The summed E-state index contributed by atoms with van der Waals surface area (Å²) in [6, 6.07) is -0.588. The number of likely N-dealkylation sites (tertiary alicyclic amines) is 1. The third kappa shape index (κ3) is 4.80. The van der Waals surface area contributed by atoms with Crippen LogP contribution in [-0.2, 0) is 4.79 Å². The van der Waals surface area contributed by atoms with Gasteiger partial charge in [-0.05, 0) is 46.6 Å². The minimum absolute atomic E-state index is 0.218. The summed E-state index contributed by atoms with van der Waals surface area (Å²) >= 11 is 0. The first kappa shape index (κ1) is 15.9. The lowest BCUT2D eigenvalue weighted by Gasteiger charge is -2.30. The Balaban J connectivity index is 2.53. The highest BCUT2D eigenvalue weighted by atomic mass is 16.3. The van der Waals surface area contributed by atoms with Gasteiger partial charge in [-0.2, -0.15) is 0 Å². The number of hydrogen-bond acceptors (Lipinski definition) is 4. The lowest BCUT2D eigenvalue weighted by Crippen LogP contribution is -2.51. The van der Waals surface area contributed by atoms with Crippen LogP contribution in [0.15, 0.2) is 0 Å². The number of rotatable bonds is 5. The van der Waals surface area contributed by atoms with Crippen molar-refractivity contribution in [2.45, 2.75) is 58.2 Å². The number of aliphatic hydroxyl groups is 1. The Morgan fingerprint density at radius 1 is 1.42 bits per heavy atom. The highest BCUT2D eigenvalue weighted by Gasteiger charge is 2.32. The predicted octanol–water partition coefficient (Wildman–Crippen LogP) is 0.456. The second-order valence-electron chi connectivity index (χ2n) is 5.14. The topological polar surface area (TPSA) is 81.7 Å². The average molecular weight is 271 g/mol. The number of aliphatic hydroxyl groups excluding tert-OH is 1. The monoisotopic (exact) mass is 271 g/mol. The molecule has 3 amide bonds. The molecule has 110 valence electrons. The molecule has 0 aromatic carbocycles. The second-order valence-corrected chi connectivity index (χ2v) is 5.14. The Labute approximate surface area is 114 Å². The fraction of sp³-hybridized carbons (Fsp3) is 0.846. The molecule has 3 N–H and O–H groups in total. The van der Waals surface area contributed by atoms with Crippen LogP contribution >= 0.6 is 0 Å². The van der Waals surface area contributed by atoms with Gasteiger partial charge in [-0.25, -0.2) is 4.79 Å². The van der Waals surface area contributed by atoms with Gasteiger partial charge in [0.1, 0.15) is 0 Å². The molecule has 1 fully saturated rings. The van der Waals surface area contributed by atoms with Gasteiger partial charge in [0.2, 0.25) is 5.91 Å². The van der Waals surface area contributed by atoms with Gasteiger partial charge in [0, 0.05) is 12.6 Å². The van der Waals surface area contributed by atoms with Crippen LogP contribution in [0.25, 0.3) is 0 Å². The molecule has 1 saturated heterocycles. The van der Waals surface area contributed by atoms with Gasteiger partial charge in [-0.1, -0.05) is 0 Å². The predicted molar refractivity (Wildman–Crippen MR) is 72.7 cm³/mol. The van der Waals surface area contributed by atoms with E-state index in [1.54, 1.807) is 20.8 Å². The highest BCUT2D eigenvalue weighted by molar-refractivity contribution is 5.96. The molecule has 0 aliphatic carbocycles. The third-order valence-electron chi connectivity index (χ3n) is 3.49. The number of urea groups is 1. The molecular weight excluding hydrogens is 246 g/mol. The molecule has 1 rings (SSSR count). The Morgan fingerprint density at radius 2 is 2.11 bits per heavy atom. The van der Waals surface area contributed by atoms with Crippen LogP contribution < -0.4 is 10.6 Å². The highest BCUT2D eigenvalue weighted by Crippen LogP contribution is 2.23. The minimum atomic E-state index is -0.453. The van der Waals surface area contributed by atoms with Gasteiger partial charge >= 0.3 is 6.03 Å². The summed E-state index contributed by atoms with van der Waals surface area (Å²) in [5, 5.41) is 14.3. The summed E-state index contributed by atoms with van der Waals surface area (Å²) in [4.78, 5) is 25.4. The summed E-state index contributed by atoms with van der Waals surface area (Å²) in [5.41, 5.74) is 0. The van der Waals surface area contributed by atoms with Gasteiger partial charge in [-0.3, -0.25) is 15.0 Å². The van der Waals surface area contributed by atoms with Gasteiger partial charge in [0.15, 0.2) is 0 Å². The lowest BCUT2D eigenvalue weighted by atomic mass is 10.1. The van der Waals surface area contributed by atoms with Gasteiger partial charge in [0.25, 0.3) is 0 Å². The van der Waals surface area contributed by atoms with Crippen molar-refractivity contribution in [2.75, 3.05) is 13.1 Å². The van der Waals surface area contributed by atoms with E-state index in [9.17, 15) is 14.7 Å². The summed E-state index contributed by atoms with van der Waals surface area (Å²) < 4.78 is 0. The average Bonchev–Trinajstić information content (AvgIpc) is 2.75. The van der Waals surface area contributed by atoms with Gasteiger partial charge < -0.3 is 10.4 Å². The fourth-order valence-electron chi connectivity index (χ4n) is 2.59. The molecule has 0 bridgehead atoms. The molecule has 0 saturated carbocycles. The quantitative estimate of drug-likeness (QED) is 0.678. The summed E-state index contributed by atoms with van der Waals surface area (Å²) in [7, 11) is 0. The number of nitrogens with zero attached hydrogens (tertiary/aromatic N) is 1. The maximum atomic E-state index is 12.0. The molecule has 1 heterocycles. The van der Waals surface area contributed by atoms with Crippen LogP contribution in [0.3, 0.4) is 0 Å². The Kier molecular flexibility index (Phi) is 6.24. The maximum Gasteiger partial charge on any atom is 0.321 e. The Morgan fingerprint density at radius 3 is 2.68 bits per heavy atom. The summed E-state index contributed by atoms with van der Waals surface area (Å²) in [6.45, 7) is 6.68. The van der Waals surface area contributed by atoms with Gasteiger partial charge in [0.05, 0.1) is 12.1 Å². The lowest BCUT2D eigenvalue weighted by molar-refractivity contribution is -0.125. The molecule has 19 heavy (non-hydrogen) atoms. The molecule has 1 aliphatic rings. The van der Waals surface area contributed by atoms with Crippen molar-refractivity contribution in [3.05, 3.63) is 0 Å². The van der Waals surface area contributed by atoms with Crippen molar-refractivity contribution in [1.29, 1.82) is 0 Å². The molecule has 0 aromatic rings. The first-order chi connectivity index (χ1) is 8.95. The van der Waals surface area contributed by atoms with E-state index >= 15 is 0 Å². The molecule has 0 radical (unpaired) electrons. The van der Waals surface area contributed by atoms with Crippen LogP contribution in [0.1, 0.15) is 40.0 Å². The minimum Gasteiger partial charge on any atom is -0.393 e. The van der Waals surface area contributed by atoms with Crippen LogP contribution in [0.2, 0.25) is 0 Å². The largest absolute Gasteiger partial charge is 0.393 e. The first-order valence-corrected chi connectivity index (χ1v) is 6.98. The van der Waals surface area contributed by atoms with Crippen LogP contribution in [0, 0.1) is 0 Å². The van der Waals surface area contributed by atoms with E-state index in [1.807, 2.05) is 0 Å². The Hall–Kier alpha value is -1.14. The zero-order valence-corrected chi connectivity index (χ0v) is 12.0. The van der Waals surface area contributed by atoms with Crippen LogP contribution in [0.4, 0.5) is 4.79 Å². The number of carbonyl (C=O) groups is 2. The van der Waals surface area contributed by atoms with E-state index in [0.29, 0.717) is 13.0 Å². The van der Waals surface area contributed by atoms with Crippen LogP contribution in [0.5, 0.6) is 0 Å². The van der Waals surface area contributed by atoms with E-state index in [0.717, 1.165) is 19.4 Å². The summed E-state index contributed by atoms with van der Waals surface area (Å²) in [6.07, 6.45) is 2.31. The zero-order chi connectivity index (χ0) is 14.4. The number of imide groups is 1. The van der Waals surface area contributed by atoms with Crippen molar-refractivity contribution < 1.29 is 14.7 Å². The van der Waals surface area contributed by atoms with Crippen molar-refractivity contribution in [1.82, 2.24) is 15.5 Å². The maximum absolute atomic E-state index is 12.0. The molecular formula is C13H25N3O3. The van der Waals surface area contributed by atoms with Crippen molar-refractivity contribution in [3.8, 4) is 0 Å². The number of hydrogen-bond donors (Lipinski definition) is 3. The molecule has 0 spiro atoms. The fourth-order valence-corrected chi connectivity index (χ4v) is 2.59. The SMILES string of the molecule is CCNC(=O)NC(=O)C(C)N1CCCC1CC(C)O. The zero-order valence-electron chi connectivity index (χ0n) is 12.0. The first-order valence-electron chi connectivity index (χ1n) is 6.98. The van der Waals surface area contributed by atoms with E-state index in [2.05, 4.69) is 15.5 Å². The number of amides is 3. The molecule has 6 nitrogen and oxygen atoms in total. The standard InChI is InChI=1S/C13H25N3O3/c1-4-14-13(19)15-12(18)10(3)16-7-5-6-11(16)8-9(2)17/h9-11,17H,4-8H2,1-3H3,(H2,14,15,18,19). The van der Waals surface area contributed by atoms with E-state index in [-0.39, 0.29) is 24.1 Å². The smallest absolute Gasteiger partial charge is 0.321 e. The van der Waals surface area contributed by atoms with E-state index in [1.165, 1.54) is 0 Å². The summed E-state index contributed by atoms with van der Waals surface area (Å²) in [5.74, 6) is -0.288. The van der Waals surface area contributed by atoms with E-state index < -0.39 is 6.03 Å². The van der Waals surface area contributed by atoms with Gasteiger partial charge in [-0.15, -0.1) is 0 Å². The molecule has 6 heteroatoms. The number of nitrogens with one attached hydrogen (secondary N) is 2. The molecule has 3 unspecified atom stereocenters. The van der Waals surface area contributed by atoms with E-state index in [4.69, 9.17) is 0 Å². The Bertz CT molecular complexity index is 320. The molecule has 1 aliphatic heterocycles. The van der Waals surface area contributed by atoms with Crippen molar-refractivity contribution in [2.24, 2.45) is 0 Å². The normalized spacial score (nSPS) is 22.8. The second kappa shape index (κ2) is 7.45. The molecule has 0 aromatic heterocycles. The van der Waals surface area contributed by atoms with Crippen molar-refractivity contribution >= 4 is 11.9 Å². The number of carbonyl (C=O) groups excluding carboxylic acids is 2. The van der Waals surface area contributed by atoms with Crippen LogP contribution in [-0.4, -0.2) is 53.2 Å². The van der Waals surface area contributed by atoms with Crippen molar-refractivity contribution in [3.63, 3.8) is 0 Å². The third-order valence-corrected chi connectivity index (χ3v) is 3.49.